The van der Waals surface area contributed by atoms with Gasteiger partial charge < -0.3 is 14.6 Å². The van der Waals surface area contributed by atoms with Crippen molar-refractivity contribution < 1.29 is 4.74 Å². The maximum atomic E-state index is 5.80. The molecule has 0 amide bonds. The van der Waals surface area contributed by atoms with Crippen LogP contribution in [-0.2, 0) is 11.8 Å². The minimum atomic E-state index is 0.155. The topological polar surface area (TPSA) is 39.1 Å². The van der Waals surface area contributed by atoms with Crippen molar-refractivity contribution in [1.82, 2.24) is 14.9 Å². The summed E-state index contributed by atoms with van der Waals surface area (Å²) in [7, 11) is 2.09. The molecule has 1 aromatic carbocycles. The van der Waals surface area contributed by atoms with Crippen molar-refractivity contribution in [3.8, 4) is 0 Å². The van der Waals surface area contributed by atoms with Crippen LogP contribution in [0.3, 0.4) is 0 Å². The van der Waals surface area contributed by atoms with E-state index in [1.54, 1.807) is 0 Å². The number of aromatic nitrogens is 2. The molecule has 1 atom stereocenters. The van der Waals surface area contributed by atoms with Crippen molar-refractivity contribution >= 4 is 11.0 Å². The first kappa shape index (κ1) is 12.6. The monoisotopic (exact) mass is 259 g/mol. The van der Waals surface area contributed by atoms with Crippen LogP contribution >= 0.6 is 0 Å². The summed E-state index contributed by atoms with van der Waals surface area (Å²) < 4.78 is 7.98. The summed E-state index contributed by atoms with van der Waals surface area (Å²) in [4.78, 5) is 4.75. The van der Waals surface area contributed by atoms with Crippen LogP contribution in [0.15, 0.2) is 18.2 Å². The summed E-state index contributed by atoms with van der Waals surface area (Å²) >= 11 is 0. The molecule has 1 N–H and O–H groups in total. The van der Waals surface area contributed by atoms with Gasteiger partial charge in [0.15, 0.2) is 0 Å². The molecule has 2 aromatic rings. The summed E-state index contributed by atoms with van der Waals surface area (Å²) in [5, 5.41) is 3.37. The molecule has 2 heterocycles. The van der Waals surface area contributed by atoms with Crippen LogP contribution in [0.1, 0.15) is 37.3 Å². The largest absolute Gasteiger partial charge is 0.371 e. The molecule has 0 spiro atoms. The van der Waals surface area contributed by atoms with Crippen molar-refractivity contribution in [1.29, 1.82) is 0 Å². The van der Waals surface area contributed by atoms with Gasteiger partial charge in [-0.1, -0.05) is 19.9 Å². The van der Waals surface area contributed by atoms with Gasteiger partial charge >= 0.3 is 0 Å². The number of fused-ring (bicyclic) bond motifs is 1. The van der Waals surface area contributed by atoms with E-state index in [2.05, 4.69) is 49.0 Å². The Hall–Kier alpha value is -1.39. The quantitative estimate of drug-likeness (QED) is 0.900. The van der Waals surface area contributed by atoms with Crippen molar-refractivity contribution in [2.75, 3.05) is 19.7 Å². The van der Waals surface area contributed by atoms with Gasteiger partial charge in [0.2, 0.25) is 0 Å². The van der Waals surface area contributed by atoms with Crippen molar-refractivity contribution in [2.24, 2.45) is 7.05 Å². The summed E-state index contributed by atoms with van der Waals surface area (Å²) in [6.45, 7) is 6.96. The van der Waals surface area contributed by atoms with Crippen molar-refractivity contribution in [3.63, 3.8) is 0 Å². The molecule has 1 aliphatic heterocycles. The Morgan fingerprint density at radius 1 is 1.42 bits per heavy atom. The predicted molar refractivity (Wildman–Crippen MR) is 76.4 cm³/mol. The third-order valence-corrected chi connectivity index (χ3v) is 3.76. The molecule has 4 heteroatoms. The molecule has 1 aromatic heterocycles. The lowest BCUT2D eigenvalue weighted by Crippen LogP contribution is -2.33. The average molecular weight is 259 g/mol. The fourth-order valence-electron chi connectivity index (χ4n) is 2.73. The van der Waals surface area contributed by atoms with Crippen LogP contribution in [0.4, 0.5) is 0 Å². The summed E-state index contributed by atoms with van der Waals surface area (Å²) in [5.41, 5.74) is 3.47. The third kappa shape index (κ3) is 2.26. The lowest BCUT2D eigenvalue weighted by Gasteiger charge is -2.23. The Kier molecular flexibility index (Phi) is 3.29. The molecule has 1 saturated heterocycles. The first-order valence-electron chi connectivity index (χ1n) is 6.95. The molecular weight excluding hydrogens is 238 g/mol. The average Bonchev–Trinajstić information content (AvgIpc) is 2.77. The highest BCUT2D eigenvalue weighted by molar-refractivity contribution is 5.77. The molecule has 0 bridgehead atoms. The zero-order valence-electron chi connectivity index (χ0n) is 11.8. The van der Waals surface area contributed by atoms with Crippen LogP contribution < -0.4 is 5.32 Å². The molecule has 102 valence electrons. The Morgan fingerprint density at radius 3 is 2.95 bits per heavy atom. The lowest BCUT2D eigenvalue weighted by molar-refractivity contribution is 0.0278. The smallest absolute Gasteiger partial charge is 0.112 e. The SMILES string of the molecule is CC(C)c1nc2cc(C3CNCCO3)ccc2n1C. The van der Waals surface area contributed by atoms with Gasteiger partial charge in [-0.3, -0.25) is 0 Å². The number of nitrogens with zero attached hydrogens (tertiary/aromatic N) is 2. The lowest BCUT2D eigenvalue weighted by atomic mass is 10.1. The maximum absolute atomic E-state index is 5.80. The van der Waals surface area contributed by atoms with Gasteiger partial charge in [-0.25, -0.2) is 4.98 Å². The van der Waals surface area contributed by atoms with E-state index in [4.69, 9.17) is 9.72 Å². The van der Waals surface area contributed by atoms with Gasteiger partial charge in [-0.05, 0) is 17.7 Å². The number of morpholine rings is 1. The van der Waals surface area contributed by atoms with Crippen molar-refractivity contribution in [2.45, 2.75) is 25.9 Å². The number of rotatable bonds is 2. The standard InChI is InChI=1S/C15H21N3O/c1-10(2)15-17-12-8-11(4-5-13(12)18(15)3)14-9-16-6-7-19-14/h4-5,8,10,14,16H,6-7,9H2,1-3H3. The third-order valence-electron chi connectivity index (χ3n) is 3.76. The van der Waals surface area contributed by atoms with E-state index in [1.807, 2.05) is 0 Å². The van der Waals surface area contributed by atoms with E-state index >= 15 is 0 Å². The van der Waals surface area contributed by atoms with Crippen LogP contribution in [0.2, 0.25) is 0 Å². The molecule has 4 nitrogen and oxygen atoms in total. The van der Waals surface area contributed by atoms with Gasteiger partial charge in [0, 0.05) is 26.1 Å². The first-order valence-corrected chi connectivity index (χ1v) is 6.95. The molecule has 1 aliphatic rings. The molecule has 0 saturated carbocycles. The number of hydrogen-bond donors (Lipinski definition) is 1. The zero-order valence-corrected chi connectivity index (χ0v) is 11.8. The van der Waals surface area contributed by atoms with Crippen LogP contribution in [-0.4, -0.2) is 29.2 Å². The fraction of sp³-hybridized carbons (Fsp3) is 0.533. The van der Waals surface area contributed by atoms with Gasteiger partial charge in [-0.2, -0.15) is 0 Å². The van der Waals surface area contributed by atoms with Gasteiger partial charge in [0.25, 0.3) is 0 Å². The van der Waals surface area contributed by atoms with Gasteiger partial charge in [0.05, 0.1) is 23.7 Å². The number of imidazole rings is 1. The van der Waals surface area contributed by atoms with Crippen LogP contribution in [0, 0.1) is 0 Å². The molecule has 0 aliphatic carbocycles. The van der Waals surface area contributed by atoms with E-state index in [9.17, 15) is 0 Å². The Bertz CT molecular complexity index is 582. The van der Waals surface area contributed by atoms with Crippen LogP contribution in [0.25, 0.3) is 11.0 Å². The van der Waals surface area contributed by atoms with Crippen molar-refractivity contribution in [3.05, 3.63) is 29.6 Å². The zero-order chi connectivity index (χ0) is 13.4. The molecule has 19 heavy (non-hydrogen) atoms. The number of ether oxygens (including phenoxy) is 1. The van der Waals surface area contributed by atoms with E-state index in [0.717, 1.165) is 31.0 Å². The number of aryl methyl sites for hydroxylation is 1. The summed E-state index contributed by atoms with van der Waals surface area (Å²) in [6, 6.07) is 6.48. The number of hydrogen-bond acceptors (Lipinski definition) is 3. The van der Waals surface area contributed by atoms with E-state index in [-0.39, 0.29) is 6.10 Å². The second kappa shape index (κ2) is 4.94. The molecular formula is C15H21N3O. The molecule has 0 radical (unpaired) electrons. The molecule has 1 fully saturated rings. The highest BCUT2D eigenvalue weighted by Crippen LogP contribution is 2.25. The Morgan fingerprint density at radius 2 is 2.26 bits per heavy atom. The second-order valence-electron chi connectivity index (χ2n) is 5.50. The van der Waals surface area contributed by atoms with E-state index in [1.165, 1.54) is 11.1 Å². The normalized spacial score (nSPS) is 20.3. The summed E-state index contributed by atoms with van der Waals surface area (Å²) in [6.07, 6.45) is 0.155. The van der Waals surface area contributed by atoms with E-state index < -0.39 is 0 Å². The Labute approximate surface area is 113 Å². The van der Waals surface area contributed by atoms with E-state index in [0.29, 0.717) is 5.92 Å². The minimum absolute atomic E-state index is 0.155. The summed E-state index contributed by atoms with van der Waals surface area (Å²) in [5.74, 6) is 1.57. The number of benzene rings is 1. The fourth-order valence-corrected chi connectivity index (χ4v) is 2.73. The highest BCUT2D eigenvalue weighted by Gasteiger charge is 2.17. The maximum Gasteiger partial charge on any atom is 0.112 e. The van der Waals surface area contributed by atoms with Gasteiger partial charge in [0.1, 0.15) is 5.82 Å². The highest BCUT2D eigenvalue weighted by atomic mass is 16.5. The second-order valence-corrected chi connectivity index (χ2v) is 5.50. The van der Waals surface area contributed by atoms with Crippen LogP contribution in [0.5, 0.6) is 0 Å². The number of nitrogens with one attached hydrogen (secondary N) is 1. The Balaban J connectivity index is 2.00. The predicted octanol–water partition coefficient (Wildman–Crippen LogP) is 2.36. The molecule has 1 unspecified atom stereocenters. The first-order chi connectivity index (χ1) is 9.16. The minimum Gasteiger partial charge on any atom is -0.371 e. The van der Waals surface area contributed by atoms with Gasteiger partial charge in [-0.15, -0.1) is 0 Å². The molecule has 3 rings (SSSR count).